The minimum atomic E-state index is -0.282. The van der Waals surface area contributed by atoms with Gasteiger partial charge in [0.1, 0.15) is 10.7 Å². The Bertz CT molecular complexity index is 526. The number of nitrogens with one attached hydrogen (secondary N) is 2. The average molecular weight is 310 g/mol. The molecule has 21 heavy (non-hydrogen) atoms. The number of amides is 1. The molecule has 0 aromatic carbocycles. The van der Waals surface area contributed by atoms with Crippen LogP contribution in [0, 0.1) is 5.41 Å². The first-order valence-corrected chi connectivity index (χ1v) is 8.23. The number of nitrogen functional groups attached to an aromatic ring is 1. The summed E-state index contributed by atoms with van der Waals surface area (Å²) in [6, 6.07) is 0.504. The predicted octanol–water partition coefficient (Wildman–Crippen LogP) is 3.24. The van der Waals surface area contributed by atoms with E-state index in [-0.39, 0.29) is 16.9 Å². The number of nitrogens with zero attached hydrogens (tertiary/aromatic N) is 1. The van der Waals surface area contributed by atoms with Crippen molar-refractivity contribution >= 4 is 28.2 Å². The second kappa shape index (κ2) is 5.48. The van der Waals surface area contributed by atoms with E-state index >= 15 is 0 Å². The molecule has 2 rings (SSSR count). The largest absolute Gasteiger partial charge is 0.382 e. The third-order valence-corrected chi connectivity index (χ3v) is 4.19. The number of anilines is 2. The molecular formula is C15H26N4OS. The summed E-state index contributed by atoms with van der Waals surface area (Å²) in [5, 5.41) is 7.10. The van der Waals surface area contributed by atoms with Crippen molar-refractivity contribution in [1.82, 2.24) is 10.3 Å². The van der Waals surface area contributed by atoms with E-state index in [1.165, 1.54) is 24.2 Å². The molecule has 4 N–H and O–H groups in total. The van der Waals surface area contributed by atoms with E-state index in [0.29, 0.717) is 16.7 Å². The van der Waals surface area contributed by atoms with Gasteiger partial charge in [0, 0.05) is 11.6 Å². The van der Waals surface area contributed by atoms with Crippen molar-refractivity contribution in [2.45, 2.75) is 65.5 Å². The zero-order valence-electron chi connectivity index (χ0n) is 13.5. The molecule has 0 unspecified atom stereocenters. The van der Waals surface area contributed by atoms with Crippen molar-refractivity contribution < 1.29 is 4.79 Å². The summed E-state index contributed by atoms with van der Waals surface area (Å²) >= 11 is 1.34. The third kappa shape index (κ3) is 4.88. The maximum atomic E-state index is 12.4. The molecule has 1 saturated carbocycles. The molecule has 1 fully saturated rings. The Hall–Kier alpha value is -1.30. The van der Waals surface area contributed by atoms with Gasteiger partial charge in [0.05, 0.1) is 0 Å². The van der Waals surface area contributed by atoms with E-state index in [4.69, 9.17) is 5.73 Å². The SMILES string of the molecule is CC(C)(C)CC(C)(C)NC(=O)c1sc(NC2CC2)nc1N. The van der Waals surface area contributed by atoms with E-state index < -0.39 is 0 Å². The molecule has 0 radical (unpaired) electrons. The molecule has 118 valence electrons. The fraction of sp³-hybridized carbons (Fsp3) is 0.733. The van der Waals surface area contributed by atoms with Crippen LogP contribution in [0.4, 0.5) is 10.9 Å². The summed E-state index contributed by atoms with van der Waals surface area (Å²) in [6.45, 7) is 10.6. The molecule has 0 aliphatic heterocycles. The molecule has 0 atom stereocenters. The van der Waals surface area contributed by atoms with Crippen molar-refractivity contribution in [3.05, 3.63) is 4.88 Å². The lowest BCUT2D eigenvalue weighted by Gasteiger charge is -2.33. The van der Waals surface area contributed by atoms with Crippen molar-refractivity contribution in [3.8, 4) is 0 Å². The first-order valence-electron chi connectivity index (χ1n) is 7.41. The van der Waals surface area contributed by atoms with Gasteiger partial charge in [-0.05, 0) is 38.5 Å². The van der Waals surface area contributed by atoms with Gasteiger partial charge in [-0.25, -0.2) is 4.98 Å². The minimum Gasteiger partial charge on any atom is -0.382 e. The summed E-state index contributed by atoms with van der Waals surface area (Å²) < 4.78 is 0. The number of nitrogens with two attached hydrogens (primary N) is 1. The summed E-state index contributed by atoms with van der Waals surface area (Å²) in [6.07, 6.45) is 3.22. The highest BCUT2D eigenvalue weighted by Gasteiger charge is 2.29. The fourth-order valence-corrected chi connectivity index (χ4v) is 3.55. The summed E-state index contributed by atoms with van der Waals surface area (Å²) in [5.74, 6) is 0.176. The van der Waals surface area contributed by atoms with E-state index in [1.807, 2.05) is 13.8 Å². The highest BCUT2D eigenvalue weighted by molar-refractivity contribution is 7.18. The van der Waals surface area contributed by atoms with Crippen LogP contribution in [0.2, 0.25) is 0 Å². The smallest absolute Gasteiger partial charge is 0.265 e. The van der Waals surface area contributed by atoms with Gasteiger partial charge in [-0.2, -0.15) is 0 Å². The quantitative estimate of drug-likeness (QED) is 0.780. The maximum Gasteiger partial charge on any atom is 0.265 e. The lowest BCUT2D eigenvalue weighted by atomic mass is 9.82. The van der Waals surface area contributed by atoms with Crippen LogP contribution < -0.4 is 16.4 Å². The highest BCUT2D eigenvalue weighted by Crippen LogP contribution is 2.32. The van der Waals surface area contributed by atoms with E-state index in [1.54, 1.807) is 0 Å². The van der Waals surface area contributed by atoms with Crippen LogP contribution in [0.25, 0.3) is 0 Å². The van der Waals surface area contributed by atoms with Gasteiger partial charge in [-0.1, -0.05) is 32.1 Å². The van der Waals surface area contributed by atoms with Gasteiger partial charge in [-0.3, -0.25) is 4.79 Å². The Labute approximate surface area is 130 Å². The minimum absolute atomic E-state index is 0.136. The van der Waals surface area contributed by atoms with Crippen molar-refractivity contribution in [3.63, 3.8) is 0 Å². The monoisotopic (exact) mass is 310 g/mol. The first kappa shape index (κ1) is 16.1. The third-order valence-electron chi connectivity index (χ3n) is 3.19. The predicted molar refractivity (Wildman–Crippen MR) is 88.8 cm³/mol. The second-order valence-corrected chi connectivity index (χ2v) is 8.73. The van der Waals surface area contributed by atoms with Gasteiger partial charge in [0.2, 0.25) is 0 Å². The van der Waals surface area contributed by atoms with Crippen LogP contribution in [-0.4, -0.2) is 22.5 Å². The molecule has 0 bridgehead atoms. The summed E-state index contributed by atoms with van der Waals surface area (Å²) in [4.78, 5) is 17.2. The van der Waals surface area contributed by atoms with Gasteiger partial charge in [0.25, 0.3) is 5.91 Å². The molecule has 0 saturated heterocycles. The maximum absolute atomic E-state index is 12.4. The topological polar surface area (TPSA) is 80.0 Å². The molecule has 0 spiro atoms. The lowest BCUT2D eigenvalue weighted by molar-refractivity contribution is 0.0896. The molecule has 1 heterocycles. The van der Waals surface area contributed by atoms with Crippen molar-refractivity contribution in [2.24, 2.45) is 5.41 Å². The van der Waals surface area contributed by atoms with Crippen LogP contribution in [0.3, 0.4) is 0 Å². The van der Waals surface area contributed by atoms with Crippen LogP contribution in [0.5, 0.6) is 0 Å². The number of aromatic nitrogens is 1. The number of hydrogen-bond donors (Lipinski definition) is 3. The molecule has 5 nitrogen and oxygen atoms in total. The Morgan fingerprint density at radius 3 is 2.48 bits per heavy atom. The fourth-order valence-electron chi connectivity index (χ4n) is 2.69. The number of hydrogen-bond acceptors (Lipinski definition) is 5. The second-order valence-electron chi connectivity index (χ2n) is 7.73. The zero-order valence-corrected chi connectivity index (χ0v) is 14.4. The molecule has 1 aromatic rings. The molecule has 1 aromatic heterocycles. The molecular weight excluding hydrogens is 284 g/mol. The van der Waals surface area contributed by atoms with Gasteiger partial charge >= 0.3 is 0 Å². The Morgan fingerprint density at radius 2 is 1.95 bits per heavy atom. The Kier molecular flexibility index (Phi) is 4.19. The summed E-state index contributed by atoms with van der Waals surface area (Å²) in [7, 11) is 0. The lowest BCUT2D eigenvalue weighted by Crippen LogP contribution is -2.45. The van der Waals surface area contributed by atoms with E-state index in [0.717, 1.165) is 11.6 Å². The van der Waals surface area contributed by atoms with Crippen molar-refractivity contribution in [1.29, 1.82) is 0 Å². The van der Waals surface area contributed by atoms with Crippen LogP contribution in [-0.2, 0) is 0 Å². The summed E-state index contributed by atoms with van der Waals surface area (Å²) in [5.41, 5.74) is 5.75. The van der Waals surface area contributed by atoms with Gasteiger partial charge in [0.15, 0.2) is 5.13 Å². The molecule has 6 heteroatoms. The molecule has 1 aliphatic rings. The number of rotatable bonds is 5. The number of carbonyl (C=O) groups excluding carboxylic acids is 1. The zero-order chi connectivity index (χ0) is 15.8. The molecule has 1 aliphatic carbocycles. The van der Waals surface area contributed by atoms with E-state index in [2.05, 4.69) is 36.4 Å². The van der Waals surface area contributed by atoms with Gasteiger partial charge < -0.3 is 16.4 Å². The molecule has 1 amide bonds. The van der Waals surface area contributed by atoms with Crippen LogP contribution >= 0.6 is 11.3 Å². The van der Waals surface area contributed by atoms with Crippen LogP contribution in [0.1, 0.15) is 63.6 Å². The number of carbonyl (C=O) groups is 1. The highest BCUT2D eigenvalue weighted by atomic mass is 32.1. The van der Waals surface area contributed by atoms with Crippen molar-refractivity contribution in [2.75, 3.05) is 11.1 Å². The normalized spacial score (nSPS) is 15.9. The van der Waals surface area contributed by atoms with Crippen LogP contribution in [0.15, 0.2) is 0 Å². The standard InChI is InChI=1S/C15H26N4OS/c1-14(2,3)8-15(4,5)19-12(20)10-11(16)18-13(21-10)17-9-6-7-9/h9H,6-8,16H2,1-5H3,(H,17,18)(H,19,20). The Balaban J connectivity index is 2.03. The van der Waals surface area contributed by atoms with E-state index in [9.17, 15) is 4.79 Å². The average Bonchev–Trinajstić information content (AvgIpc) is 2.96. The Morgan fingerprint density at radius 1 is 1.33 bits per heavy atom. The van der Waals surface area contributed by atoms with Gasteiger partial charge in [-0.15, -0.1) is 0 Å². The number of thiazole rings is 1. The first-order chi connectivity index (χ1) is 9.56.